The fourth-order valence-corrected chi connectivity index (χ4v) is 4.00. The van der Waals surface area contributed by atoms with Crippen molar-refractivity contribution in [2.24, 2.45) is 0 Å². The van der Waals surface area contributed by atoms with Crippen LogP contribution >= 0.6 is 23.3 Å². The molecule has 0 fully saturated rings. The number of benzene rings is 1. The fraction of sp³-hybridized carbons (Fsp3) is 0.375. The van der Waals surface area contributed by atoms with Crippen LogP contribution in [0.5, 0.6) is 5.75 Å². The van der Waals surface area contributed by atoms with Crippen LogP contribution in [0.3, 0.4) is 0 Å². The Kier molecular flexibility index (Phi) is 5.15. The Balaban J connectivity index is 1.94. The Morgan fingerprint density at radius 1 is 1.25 bits per heavy atom. The second-order valence-electron chi connectivity index (χ2n) is 5.43. The number of para-hydroxylation sites is 1. The van der Waals surface area contributed by atoms with Gasteiger partial charge in [0.2, 0.25) is 0 Å². The minimum absolute atomic E-state index is 0.323. The largest absolute Gasteiger partial charge is 0.496 e. The van der Waals surface area contributed by atoms with Gasteiger partial charge in [0.15, 0.2) is 15.3 Å². The van der Waals surface area contributed by atoms with Gasteiger partial charge in [-0.1, -0.05) is 26.0 Å². The van der Waals surface area contributed by atoms with Crippen LogP contribution in [-0.2, 0) is 6.54 Å². The van der Waals surface area contributed by atoms with E-state index in [0.29, 0.717) is 5.92 Å². The van der Waals surface area contributed by atoms with Gasteiger partial charge in [0.25, 0.3) is 0 Å². The summed E-state index contributed by atoms with van der Waals surface area (Å²) in [6, 6.07) is 7.83. The fourth-order valence-electron chi connectivity index (χ4n) is 2.25. The highest BCUT2D eigenvalue weighted by Crippen LogP contribution is 2.34. The van der Waals surface area contributed by atoms with E-state index in [4.69, 9.17) is 4.74 Å². The first kappa shape index (κ1) is 16.9. The van der Waals surface area contributed by atoms with Crippen LogP contribution < -0.4 is 4.74 Å². The summed E-state index contributed by atoms with van der Waals surface area (Å²) in [6.07, 6.45) is 0. The molecule has 0 saturated carbocycles. The SMILES string of the molecule is CCn1c(Sc2nc(C(C)C)ns2)nnc1-c1ccccc1OC. The number of methoxy groups -OCH3 is 1. The van der Waals surface area contributed by atoms with Crippen LogP contribution in [0.1, 0.15) is 32.5 Å². The van der Waals surface area contributed by atoms with Crippen molar-refractivity contribution in [1.82, 2.24) is 24.1 Å². The van der Waals surface area contributed by atoms with Gasteiger partial charge in [-0.25, -0.2) is 4.98 Å². The van der Waals surface area contributed by atoms with Gasteiger partial charge in [-0.05, 0) is 42.4 Å². The van der Waals surface area contributed by atoms with Gasteiger partial charge >= 0.3 is 0 Å². The first-order chi connectivity index (χ1) is 11.6. The van der Waals surface area contributed by atoms with E-state index >= 15 is 0 Å². The van der Waals surface area contributed by atoms with E-state index in [1.54, 1.807) is 7.11 Å². The lowest BCUT2D eigenvalue weighted by Crippen LogP contribution is -2.00. The minimum Gasteiger partial charge on any atom is -0.496 e. The highest BCUT2D eigenvalue weighted by Gasteiger charge is 2.18. The zero-order valence-electron chi connectivity index (χ0n) is 14.1. The first-order valence-electron chi connectivity index (χ1n) is 7.72. The highest BCUT2D eigenvalue weighted by atomic mass is 32.2. The lowest BCUT2D eigenvalue weighted by molar-refractivity contribution is 0.416. The summed E-state index contributed by atoms with van der Waals surface area (Å²) < 4.78 is 12.8. The third-order valence-electron chi connectivity index (χ3n) is 3.50. The predicted octanol–water partition coefficient (Wildman–Crippen LogP) is 4.10. The number of nitrogens with zero attached hydrogens (tertiary/aromatic N) is 5. The predicted molar refractivity (Wildman–Crippen MR) is 95.8 cm³/mol. The highest BCUT2D eigenvalue weighted by molar-refractivity contribution is 8.00. The number of ether oxygens (including phenoxy) is 1. The third-order valence-corrected chi connectivity index (χ3v) is 5.25. The summed E-state index contributed by atoms with van der Waals surface area (Å²) >= 11 is 2.90. The standard InChI is InChI=1S/C16H19N5OS2/c1-5-21-14(11-8-6-7-9-12(11)22-4)18-19-15(21)23-16-17-13(10(2)3)20-24-16/h6-10H,5H2,1-4H3. The first-order valence-corrected chi connectivity index (χ1v) is 9.31. The molecule has 8 heteroatoms. The molecule has 3 rings (SSSR count). The average Bonchev–Trinajstić information content (AvgIpc) is 3.22. The molecule has 126 valence electrons. The van der Waals surface area contributed by atoms with E-state index in [-0.39, 0.29) is 0 Å². The molecule has 0 saturated heterocycles. The van der Waals surface area contributed by atoms with Gasteiger partial charge in [0.1, 0.15) is 11.6 Å². The molecule has 0 amide bonds. The molecule has 2 heterocycles. The van der Waals surface area contributed by atoms with Crippen LogP contribution in [0.4, 0.5) is 0 Å². The van der Waals surface area contributed by atoms with Gasteiger partial charge in [0, 0.05) is 12.5 Å². The van der Waals surface area contributed by atoms with E-state index in [2.05, 4.69) is 44.9 Å². The van der Waals surface area contributed by atoms with Crippen molar-refractivity contribution in [3.8, 4) is 17.1 Å². The van der Waals surface area contributed by atoms with Crippen LogP contribution in [-0.4, -0.2) is 31.2 Å². The smallest absolute Gasteiger partial charge is 0.198 e. The maximum Gasteiger partial charge on any atom is 0.198 e. The van der Waals surface area contributed by atoms with Crippen LogP contribution in [0.25, 0.3) is 11.4 Å². The molecule has 0 aliphatic rings. The molecule has 1 aromatic carbocycles. The summed E-state index contributed by atoms with van der Waals surface area (Å²) in [5.74, 6) is 2.78. The topological polar surface area (TPSA) is 65.7 Å². The maximum absolute atomic E-state index is 5.45. The normalized spacial score (nSPS) is 11.2. The quantitative estimate of drug-likeness (QED) is 0.658. The Morgan fingerprint density at radius 2 is 2.04 bits per heavy atom. The molecule has 6 nitrogen and oxygen atoms in total. The molecule has 0 bridgehead atoms. The van der Waals surface area contributed by atoms with Crippen molar-refractivity contribution in [3.63, 3.8) is 0 Å². The summed E-state index contributed by atoms with van der Waals surface area (Å²) in [7, 11) is 1.66. The summed E-state index contributed by atoms with van der Waals surface area (Å²) in [6.45, 7) is 7.01. The summed E-state index contributed by atoms with van der Waals surface area (Å²) in [4.78, 5) is 4.56. The van der Waals surface area contributed by atoms with Gasteiger partial charge < -0.3 is 9.30 Å². The lowest BCUT2D eigenvalue weighted by Gasteiger charge is -2.09. The Hall–Kier alpha value is -1.93. The van der Waals surface area contributed by atoms with Gasteiger partial charge in [-0.15, -0.1) is 10.2 Å². The maximum atomic E-state index is 5.45. The number of rotatable bonds is 6. The zero-order chi connectivity index (χ0) is 17.1. The van der Waals surface area contributed by atoms with E-state index in [1.807, 2.05) is 24.3 Å². The molecule has 0 aliphatic carbocycles. The molecule has 0 aliphatic heterocycles. The lowest BCUT2D eigenvalue weighted by atomic mass is 10.2. The van der Waals surface area contributed by atoms with Crippen molar-refractivity contribution >= 4 is 23.3 Å². The second-order valence-corrected chi connectivity index (χ2v) is 7.39. The molecule has 2 aromatic heterocycles. The van der Waals surface area contributed by atoms with Gasteiger partial charge in [-0.2, -0.15) is 4.37 Å². The Morgan fingerprint density at radius 3 is 2.71 bits per heavy atom. The number of aromatic nitrogens is 5. The monoisotopic (exact) mass is 361 g/mol. The second kappa shape index (κ2) is 7.31. The zero-order valence-corrected chi connectivity index (χ0v) is 15.7. The Labute approximate surface area is 149 Å². The van der Waals surface area contributed by atoms with Gasteiger partial charge in [-0.3, -0.25) is 0 Å². The van der Waals surface area contributed by atoms with Crippen molar-refractivity contribution in [2.75, 3.05) is 7.11 Å². The molecule has 0 spiro atoms. The number of hydrogen-bond donors (Lipinski definition) is 0. The molecular weight excluding hydrogens is 342 g/mol. The van der Waals surface area contributed by atoms with Crippen LogP contribution in [0.2, 0.25) is 0 Å². The van der Waals surface area contributed by atoms with Crippen molar-refractivity contribution in [1.29, 1.82) is 0 Å². The van der Waals surface area contributed by atoms with Crippen molar-refractivity contribution in [2.45, 2.75) is 42.7 Å². The average molecular weight is 361 g/mol. The molecule has 0 N–H and O–H groups in total. The molecule has 3 aromatic rings. The molecular formula is C16H19N5OS2. The van der Waals surface area contributed by atoms with E-state index < -0.39 is 0 Å². The van der Waals surface area contributed by atoms with Gasteiger partial charge in [0.05, 0.1) is 12.7 Å². The van der Waals surface area contributed by atoms with E-state index in [1.165, 1.54) is 23.3 Å². The molecule has 0 radical (unpaired) electrons. The molecule has 24 heavy (non-hydrogen) atoms. The van der Waals surface area contributed by atoms with E-state index in [9.17, 15) is 0 Å². The minimum atomic E-state index is 0.323. The van der Waals surface area contributed by atoms with Crippen LogP contribution in [0, 0.1) is 0 Å². The Bertz CT molecular complexity index is 827. The summed E-state index contributed by atoms with van der Waals surface area (Å²) in [5, 5.41) is 9.53. The molecule has 0 atom stereocenters. The van der Waals surface area contributed by atoms with Crippen LogP contribution in [0.15, 0.2) is 33.8 Å². The third kappa shape index (κ3) is 3.29. The summed E-state index contributed by atoms with van der Waals surface area (Å²) in [5.41, 5.74) is 0.932. The number of hydrogen-bond acceptors (Lipinski definition) is 7. The van der Waals surface area contributed by atoms with E-state index in [0.717, 1.165) is 39.0 Å². The molecule has 0 unspecified atom stereocenters. The van der Waals surface area contributed by atoms with Crippen molar-refractivity contribution in [3.05, 3.63) is 30.1 Å². The van der Waals surface area contributed by atoms with Crippen molar-refractivity contribution < 1.29 is 4.74 Å².